The summed E-state index contributed by atoms with van der Waals surface area (Å²) in [7, 11) is -3.59. The van der Waals surface area contributed by atoms with Gasteiger partial charge in [-0.1, -0.05) is 12.1 Å². The number of halogens is 2. The SMILES string of the molecule is CS(=O)(=O)Nc1ccccc1Nc1nc(Nc2cc(C(=O)O)ccc2F)ncc1F. The average molecular weight is 435 g/mol. The molecular weight excluding hydrogens is 420 g/mol. The lowest BCUT2D eigenvalue weighted by Gasteiger charge is -2.13. The predicted octanol–water partition coefficient (Wildman–Crippen LogP) is 3.31. The molecule has 0 saturated heterocycles. The van der Waals surface area contributed by atoms with Gasteiger partial charge >= 0.3 is 5.97 Å². The molecule has 0 fully saturated rings. The van der Waals surface area contributed by atoms with Crippen molar-refractivity contribution in [2.75, 3.05) is 21.6 Å². The molecule has 2 aromatic carbocycles. The Labute approximate surface area is 169 Å². The zero-order chi connectivity index (χ0) is 21.9. The Morgan fingerprint density at radius 2 is 1.70 bits per heavy atom. The fourth-order valence-electron chi connectivity index (χ4n) is 2.40. The van der Waals surface area contributed by atoms with E-state index in [9.17, 15) is 22.0 Å². The molecule has 0 aliphatic carbocycles. The van der Waals surface area contributed by atoms with E-state index < -0.39 is 27.6 Å². The number of para-hydroxylation sites is 2. The monoisotopic (exact) mass is 435 g/mol. The van der Waals surface area contributed by atoms with Gasteiger partial charge in [0.2, 0.25) is 16.0 Å². The molecular formula is C18H15F2N5O4S. The van der Waals surface area contributed by atoms with Crippen LogP contribution in [0.25, 0.3) is 0 Å². The number of benzene rings is 2. The highest BCUT2D eigenvalue weighted by Gasteiger charge is 2.14. The van der Waals surface area contributed by atoms with Crippen LogP contribution in [0.2, 0.25) is 0 Å². The fraction of sp³-hybridized carbons (Fsp3) is 0.0556. The molecule has 0 spiro atoms. The van der Waals surface area contributed by atoms with Crippen LogP contribution in [-0.2, 0) is 10.0 Å². The van der Waals surface area contributed by atoms with Crippen LogP contribution < -0.4 is 15.4 Å². The van der Waals surface area contributed by atoms with Gasteiger partial charge in [-0.15, -0.1) is 0 Å². The lowest BCUT2D eigenvalue weighted by Crippen LogP contribution is -2.11. The zero-order valence-corrected chi connectivity index (χ0v) is 16.2. The van der Waals surface area contributed by atoms with Gasteiger partial charge in [0, 0.05) is 0 Å². The quantitative estimate of drug-likeness (QED) is 0.444. The number of hydrogen-bond donors (Lipinski definition) is 4. The number of aromatic nitrogens is 2. The Hall–Kier alpha value is -3.80. The van der Waals surface area contributed by atoms with Gasteiger partial charge in [0.05, 0.1) is 35.1 Å². The van der Waals surface area contributed by atoms with Gasteiger partial charge in [-0.05, 0) is 30.3 Å². The Morgan fingerprint density at radius 3 is 2.37 bits per heavy atom. The van der Waals surface area contributed by atoms with E-state index >= 15 is 0 Å². The van der Waals surface area contributed by atoms with Crippen molar-refractivity contribution in [3.63, 3.8) is 0 Å². The maximum Gasteiger partial charge on any atom is 0.335 e. The minimum absolute atomic E-state index is 0.160. The van der Waals surface area contributed by atoms with E-state index in [-0.39, 0.29) is 34.4 Å². The molecule has 0 atom stereocenters. The van der Waals surface area contributed by atoms with Crippen molar-refractivity contribution < 1.29 is 27.1 Å². The summed E-state index contributed by atoms with van der Waals surface area (Å²) in [6.07, 6.45) is 1.79. The van der Waals surface area contributed by atoms with Crippen LogP contribution in [0.4, 0.5) is 37.6 Å². The molecule has 0 aliphatic heterocycles. The van der Waals surface area contributed by atoms with Gasteiger partial charge in [0.25, 0.3) is 0 Å². The summed E-state index contributed by atoms with van der Waals surface area (Å²) in [6.45, 7) is 0. The Morgan fingerprint density at radius 1 is 1.00 bits per heavy atom. The topological polar surface area (TPSA) is 133 Å². The second-order valence-electron chi connectivity index (χ2n) is 6.06. The van der Waals surface area contributed by atoms with Crippen molar-refractivity contribution in [3.05, 3.63) is 65.9 Å². The minimum Gasteiger partial charge on any atom is -0.478 e. The maximum absolute atomic E-state index is 14.2. The van der Waals surface area contributed by atoms with Gasteiger partial charge < -0.3 is 15.7 Å². The first-order chi connectivity index (χ1) is 14.1. The first-order valence-electron chi connectivity index (χ1n) is 8.28. The van der Waals surface area contributed by atoms with Gasteiger partial charge in [0.15, 0.2) is 11.6 Å². The summed E-state index contributed by atoms with van der Waals surface area (Å²) in [5.74, 6) is -3.39. The molecule has 0 amide bonds. The predicted molar refractivity (Wildman–Crippen MR) is 107 cm³/mol. The van der Waals surface area contributed by atoms with Crippen molar-refractivity contribution in [2.45, 2.75) is 0 Å². The minimum atomic E-state index is -3.59. The number of carboxylic acid groups (broad SMARTS) is 1. The fourth-order valence-corrected chi connectivity index (χ4v) is 2.98. The molecule has 12 heteroatoms. The third kappa shape index (κ3) is 5.17. The van der Waals surface area contributed by atoms with Gasteiger partial charge in [-0.3, -0.25) is 4.72 Å². The number of carbonyl (C=O) groups is 1. The standard InChI is InChI=1S/C18H15F2N5O4S/c1-30(28,29)25-14-5-3-2-4-13(14)22-16-12(20)9-21-18(24-16)23-15-8-10(17(26)27)6-7-11(15)19/h2-9,25H,1H3,(H,26,27)(H2,21,22,23,24). The average Bonchev–Trinajstić information content (AvgIpc) is 2.66. The number of hydrogen-bond acceptors (Lipinski definition) is 7. The van der Waals surface area contributed by atoms with Crippen LogP contribution in [0.3, 0.4) is 0 Å². The number of aromatic carboxylic acids is 1. The van der Waals surface area contributed by atoms with Gasteiger partial charge in [-0.25, -0.2) is 27.0 Å². The third-order valence-electron chi connectivity index (χ3n) is 3.68. The van der Waals surface area contributed by atoms with E-state index in [1.165, 1.54) is 12.1 Å². The lowest BCUT2D eigenvalue weighted by atomic mass is 10.2. The van der Waals surface area contributed by atoms with Crippen molar-refractivity contribution in [1.82, 2.24) is 9.97 Å². The molecule has 1 heterocycles. The summed E-state index contributed by atoms with van der Waals surface area (Å²) in [5.41, 5.74) is -0.00927. The summed E-state index contributed by atoms with van der Waals surface area (Å²) in [4.78, 5) is 18.7. The number of nitrogens with zero attached hydrogens (tertiary/aromatic N) is 2. The van der Waals surface area contributed by atoms with Crippen LogP contribution in [0.5, 0.6) is 0 Å². The highest BCUT2D eigenvalue weighted by atomic mass is 32.2. The molecule has 0 bridgehead atoms. The molecule has 4 N–H and O–H groups in total. The van der Waals surface area contributed by atoms with E-state index in [4.69, 9.17) is 5.11 Å². The Bertz CT molecular complexity index is 1220. The van der Waals surface area contributed by atoms with Gasteiger partial charge in [-0.2, -0.15) is 4.98 Å². The molecule has 9 nitrogen and oxygen atoms in total. The van der Waals surface area contributed by atoms with Crippen molar-refractivity contribution >= 4 is 44.8 Å². The summed E-state index contributed by atoms with van der Waals surface area (Å²) < 4.78 is 53.5. The number of rotatable bonds is 7. The zero-order valence-electron chi connectivity index (χ0n) is 15.3. The normalized spacial score (nSPS) is 11.0. The second kappa shape index (κ2) is 8.29. The van der Waals surface area contributed by atoms with Crippen molar-refractivity contribution in [2.24, 2.45) is 0 Å². The third-order valence-corrected chi connectivity index (χ3v) is 4.27. The van der Waals surface area contributed by atoms with Crippen LogP contribution in [0.15, 0.2) is 48.7 Å². The van der Waals surface area contributed by atoms with Crippen LogP contribution in [0, 0.1) is 11.6 Å². The van der Waals surface area contributed by atoms with Crippen LogP contribution >= 0.6 is 0 Å². The van der Waals surface area contributed by atoms with Crippen molar-refractivity contribution in [1.29, 1.82) is 0 Å². The smallest absolute Gasteiger partial charge is 0.335 e. The summed E-state index contributed by atoms with van der Waals surface area (Å²) in [6, 6.07) is 9.24. The summed E-state index contributed by atoms with van der Waals surface area (Å²) in [5, 5.41) is 14.2. The van der Waals surface area contributed by atoms with E-state index in [2.05, 4.69) is 25.3 Å². The summed E-state index contributed by atoms with van der Waals surface area (Å²) >= 11 is 0. The van der Waals surface area contributed by atoms with Gasteiger partial charge in [0.1, 0.15) is 5.82 Å². The molecule has 0 aliphatic rings. The highest BCUT2D eigenvalue weighted by molar-refractivity contribution is 7.92. The maximum atomic E-state index is 14.2. The lowest BCUT2D eigenvalue weighted by molar-refractivity contribution is 0.0697. The van der Waals surface area contributed by atoms with Crippen molar-refractivity contribution in [3.8, 4) is 0 Å². The van der Waals surface area contributed by atoms with Crippen LogP contribution in [-0.4, -0.2) is 35.7 Å². The number of sulfonamides is 1. The Balaban J connectivity index is 1.91. The molecule has 0 saturated carbocycles. The molecule has 3 rings (SSSR count). The second-order valence-corrected chi connectivity index (χ2v) is 7.81. The molecule has 156 valence electrons. The molecule has 0 unspecified atom stereocenters. The first kappa shape index (κ1) is 20.9. The van der Waals surface area contributed by atoms with E-state index in [1.807, 2.05) is 0 Å². The molecule has 3 aromatic rings. The molecule has 30 heavy (non-hydrogen) atoms. The molecule has 1 aromatic heterocycles. The first-order valence-corrected chi connectivity index (χ1v) is 10.2. The van der Waals surface area contributed by atoms with E-state index in [0.717, 1.165) is 30.7 Å². The van der Waals surface area contributed by atoms with Crippen LogP contribution in [0.1, 0.15) is 10.4 Å². The van der Waals surface area contributed by atoms with E-state index in [1.54, 1.807) is 12.1 Å². The highest BCUT2D eigenvalue weighted by Crippen LogP contribution is 2.27. The number of anilines is 5. The Kier molecular flexibility index (Phi) is 5.78. The number of carboxylic acids is 1. The largest absolute Gasteiger partial charge is 0.478 e. The van der Waals surface area contributed by atoms with E-state index in [0.29, 0.717) is 0 Å². The number of nitrogens with one attached hydrogen (secondary N) is 3. The molecule has 0 radical (unpaired) electrons.